The summed E-state index contributed by atoms with van der Waals surface area (Å²) in [6.45, 7) is 7.89. The van der Waals surface area contributed by atoms with Crippen LogP contribution in [0.3, 0.4) is 0 Å². The maximum atomic E-state index is 12.3. The zero-order chi connectivity index (χ0) is 14.3. The summed E-state index contributed by atoms with van der Waals surface area (Å²) in [7, 11) is 0. The molecule has 0 saturated heterocycles. The molecule has 0 atom stereocenters. The van der Waals surface area contributed by atoms with E-state index in [1.54, 1.807) is 0 Å². The second kappa shape index (κ2) is 7.73. The Bertz CT molecular complexity index is 268. The summed E-state index contributed by atoms with van der Waals surface area (Å²) >= 11 is 0. The topological polar surface area (TPSA) is 52.6 Å². The lowest BCUT2D eigenvalue weighted by Gasteiger charge is -2.32. The first-order chi connectivity index (χ1) is 8.92. The fourth-order valence-electron chi connectivity index (χ4n) is 2.60. The van der Waals surface area contributed by atoms with Crippen LogP contribution in [-0.4, -0.2) is 41.8 Å². The van der Waals surface area contributed by atoms with Gasteiger partial charge in [-0.3, -0.25) is 0 Å². The SMILES string of the molecule is CC(C)(C)CN(CCCO)C(=O)NC1CCCCC1. The van der Waals surface area contributed by atoms with E-state index < -0.39 is 0 Å². The molecular formula is C15H30N2O2. The van der Waals surface area contributed by atoms with Crippen molar-refractivity contribution in [3.05, 3.63) is 0 Å². The van der Waals surface area contributed by atoms with Crippen molar-refractivity contribution in [2.45, 2.75) is 65.3 Å². The highest BCUT2D eigenvalue weighted by Gasteiger charge is 2.23. The van der Waals surface area contributed by atoms with E-state index in [-0.39, 0.29) is 18.1 Å². The van der Waals surface area contributed by atoms with Crippen molar-refractivity contribution in [3.8, 4) is 0 Å². The summed E-state index contributed by atoms with van der Waals surface area (Å²) in [5, 5.41) is 12.1. The van der Waals surface area contributed by atoms with E-state index in [4.69, 9.17) is 5.11 Å². The fourth-order valence-corrected chi connectivity index (χ4v) is 2.60. The summed E-state index contributed by atoms with van der Waals surface area (Å²) in [4.78, 5) is 14.2. The predicted molar refractivity (Wildman–Crippen MR) is 78.1 cm³/mol. The molecule has 0 aromatic heterocycles. The number of carbonyl (C=O) groups excluding carboxylic acids is 1. The van der Waals surface area contributed by atoms with Crippen LogP contribution in [0.4, 0.5) is 4.79 Å². The molecule has 0 heterocycles. The van der Waals surface area contributed by atoms with Gasteiger partial charge in [0, 0.05) is 25.7 Å². The van der Waals surface area contributed by atoms with Crippen molar-refractivity contribution in [1.29, 1.82) is 0 Å². The maximum absolute atomic E-state index is 12.3. The number of urea groups is 1. The molecular weight excluding hydrogens is 240 g/mol. The standard InChI is InChI=1S/C15H30N2O2/c1-15(2,3)12-17(10-7-11-18)14(19)16-13-8-5-4-6-9-13/h13,18H,4-12H2,1-3H3,(H,16,19). The number of aliphatic hydroxyl groups is 1. The number of carbonyl (C=O) groups is 1. The van der Waals surface area contributed by atoms with Gasteiger partial charge in [-0.05, 0) is 24.7 Å². The van der Waals surface area contributed by atoms with Gasteiger partial charge in [-0.25, -0.2) is 4.79 Å². The average molecular weight is 270 g/mol. The van der Waals surface area contributed by atoms with Crippen LogP contribution in [0.5, 0.6) is 0 Å². The predicted octanol–water partition coefficient (Wildman–Crippen LogP) is 2.76. The summed E-state index contributed by atoms with van der Waals surface area (Å²) in [6.07, 6.45) is 6.60. The summed E-state index contributed by atoms with van der Waals surface area (Å²) in [6, 6.07) is 0.383. The number of aliphatic hydroxyl groups excluding tert-OH is 1. The van der Waals surface area contributed by atoms with Crippen molar-refractivity contribution in [2.24, 2.45) is 5.41 Å². The molecule has 0 aliphatic heterocycles. The molecule has 2 N–H and O–H groups in total. The van der Waals surface area contributed by atoms with Gasteiger partial charge in [-0.2, -0.15) is 0 Å². The van der Waals surface area contributed by atoms with E-state index in [2.05, 4.69) is 26.1 Å². The normalized spacial score (nSPS) is 17.3. The zero-order valence-electron chi connectivity index (χ0n) is 12.7. The van der Waals surface area contributed by atoms with Gasteiger partial charge in [0.05, 0.1) is 0 Å². The molecule has 1 aliphatic carbocycles. The Hall–Kier alpha value is -0.770. The lowest BCUT2D eigenvalue weighted by molar-refractivity contribution is 0.159. The van der Waals surface area contributed by atoms with E-state index in [0.717, 1.165) is 19.4 Å². The van der Waals surface area contributed by atoms with Gasteiger partial charge in [0.15, 0.2) is 0 Å². The minimum absolute atomic E-state index is 0.0373. The molecule has 0 radical (unpaired) electrons. The van der Waals surface area contributed by atoms with Crippen LogP contribution in [-0.2, 0) is 0 Å². The lowest BCUT2D eigenvalue weighted by atomic mass is 9.95. The molecule has 1 fully saturated rings. The number of nitrogens with zero attached hydrogens (tertiary/aromatic N) is 1. The van der Waals surface area contributed by atoms with Gasteiger partial charge < -0.3 is 15.3 Å². The van der Waals surface area contributed by atoms with E-state index in [1.807, 2.05) is 4.90 Å². The van der Waals surface area contributed by atoms with Crippen LogP contribution >= 0.6 is 0 Å². The largest absolute Gasteiger partial charge is 0.396 e. The van der Waals surface area contributed by atoms with Gasteiger partial charge in [-0.15, -0.1) is 0 Å². The summed E-state index contributed by atoms with van der Waals surface area (Å²) in [5.74, 6) is 0. The van der Waals surface area contributed by atoms with Crippen molar-refractivity contribution in [2.75, 3.05) is 19.7 Å². The molecule has 4 heteroatoms. The van der Waals surface area contributed by atoms with Gasteiger partial charge >= 0.3 is 6.03 Å². The Balaban J connectivity index is 2.49. The van der Waals surface area contributed by atoms with E-state index in [9.17, 15) is 4.79 Å². The van der Waals surface area contributed by atoms with Crippen molar-refractivity contribution in [3.63, 3.8) is 0 Å². The van der Waals surface area contributed by atoms with Crippen LogP contribution < -0.4 is 5.32 Å². The Morgan fingerprint density at radius 2 is 1.89 bits per heavy atom. The second-order valence-corrected chi connectivity index (χ2v) is 6.84. The first-order valence-electron chi connectivity index (χ1n) is 7.59. The van der Waals surface area contributed by atoms with Crippen LogP contribution in [0.2, 0.25) is 0 Å². The van der Waals surface area contributed by atoms with Crippen LogP contribution in [0.25, 0.3) is 0 Å². The Labute approximate surface area is 117 Å². The average Bonchev–Trinajstić information content (AvgIpc) is 2.34. The first-order valence-corrected chi connectivity index (χ1v) is 7.59. The number of hydrogen-bond acceptors (Lipinski definition) is 2. The molecule has 1 rings (SSSR count). The monoisotopic (exact) mass is 270 g/mol. The molecule has 1 saturated carbocycles. The minimum Gasteiger partial charge on any atom is -0.396 e. The second-order valence-electron chi connectivity index (χ2n) is 6.84. The maximum Gasteiger partial charge on any atom is 0.317 e. The molecule has 0 spiro atoms. The van der Waals surface area contributed by atoms with Crippen LogP contribution in [0.15, 0.2) is 0 Å². The van der Waals surface area contributed by atoms with Crippen molar-refractivity contribution >= 4 is 6.03 Å². The molecule has 0 unspecified atom stereocenters. The highest BCUT2D eigenvalue weighted by molar-refractivity contribution is 5.74. The van der Waals surface area contributed by atoms with E-state index >= 15 is 0 Å². The van der Waals surface area contributed by atoms with E-state index in [1.165, 1.54) is 19.3 Å². The van der Waals surface area contributed by atoms with Crippen LogP contribution in [0, 0.1) is 5.41 Å². The number of hydrogen-bond donors (Lipinski definition) is 2. The molecule has 0 aromatic carbocycles. The third kappa shape index (κ3) is 6.81. The van der Waals surface area contributed by atoms with Gasteiger partial charge in [-0.1, -0.05) is 40.0 Å². The van der Waals surface area contributed by atoms with Gasteiger partial charge in [0.2, 0.25) is 0 Å². The molecule has 112 valence electrons. The van der Waals surface area contributed by atoms with Crippen molar-refractivity contribution < 1.29 is 9.90 Å². The number of nitrogens with one attached hydrogen (secondary N) is 1. The van der Waals surface area contributed by atoms with Crippen LogP contribution in [0.1, 0.15) is 59.3 Å². The fraction of sp³-hybridized carbons (Fsp3) is 0.933. The van der Waals surface area contributed by atoms with Gasteiger partial charge in [0.25, 0.3) is 0 Å². The minimum atomic E-state index is 0.0373. The summed E-state index contributed by atoms with van der Waals surface area (Å²) in [5.41, 5.74) is 0.0827. The number of amides is 2. The quantitative estimate of drug-likeness (QED) is 0.807. The number of rotatable bonds is 5. The van der Waals surface area contributed by atoms with E-state index in [0.29, 0.717) is 19.0 Å². The molecule has 19 heavy (non-hydrogen) atoms. The third-order valence-corrected chi connectivity index (χ3v) is 3.47. The van der Waals surface area contributed by atoms with Crippen molar-refractivity contribution in [1.82, 2.24) is 10.2 Å². The molecule has 1 aliphatic rings. The zero-order valence-corrected chi connectivity index (χ0v) is 12.7. The Kier molecular flexibility index (Phi) is 6.63. The lowest BCUT2D eigenvalue weighted by Crippen LogP contribution is -2.48. The highest BCUT2D eigenvalue weighted by atomic mass is 16.3. The molecule has 4 nitrogen and oxygen atoms in total. The summed E-state index contributed by atoms with van der Waals surface area (Å²) < 4.78 is 0. The highest BCUT2D eigenvalue weighted by Crippen LogP contribution is 2.19. The Morgan fingerprint density at radius 1 is 1.26 bits per heavy atom. The van der Waals surface area contributed by atoms with Gasteiger partial charge in [0.1, 0.15) is 0 Å². The molecule has 2 amide bonds. The molecule has 0 bridgehead atoms. The third-order valence-electron chi connectivity index (χ3n) is 3.47. The first kappa shape index (κ1) is 16.3. The Morgan fingerprint density at radius 3 is 2.42 bits per heavy atom. The molecule has 0 aromatic rings. The smallest absolute Gasteiger partial charge is 0.317 e.